The number of anilines is 1. The van der Waals surface area contributed by atoms with Crippen molar-refractivity contribution in [1.29, 1.82) is 0 Å². The minimum atomic E-state index is 0.633. The van der Waals surface area contributed by atoms with Gasteiger partial charge in [-0.2, -0.15) is 0 Å². The Kier molecular flexibility index (Phi) is 4.70. The molecule has 1 saturated heterocycles. The number of thiophene rings is 1. The first-order valence-electron chi connectivity index (χ1n) is 6.92. The predicted molar refractivity (Wildman–Crippen MR) is 88.3 cm³/mol. The lowest BCUT2D eigenvalue weighted by Crippen LogP contribution is -2.42. The second-order valence-corrected chi connectivity index (χ2v) is 6.99. The zero-order chi connectivity index (χ0) is 13.8. The van der Waals surface area contributed by atoms with Crippen molar-refractivity contribution >= 4 is 33.0 Å². The summed E-state index contributed by atoms with van der Waals surface area (Å²) in [5.74, 6) is 0. The first-order valence-corrected chi connectivity index (χ1v) is 8.60. The van der Waals surface area contributed by atoms with Crippen LogP contribution in [0.1, 0.15) is 17.7 Å². The maximum atomic E-state index is 4.08. The maximum absolute atomic E-state index is 4.08. The largest absolute Gasteiger partial charge is 0.371 e. The number of hydrogen-bond acceptors (Lipinski definition) is 4. The number of hydrogen-bond donors (Lipinski definition) is 1. The van der Waals surface area contributed by atoms with Gasteiger partial charge < -0.3 is 10.2 Å². The van der Waals surface area contributed by atoms with Gasteiger partial charge in [0.1, 0.15) is 0 Å². The number of aromatic nitrogens is 1. The highest BCUT2D eigenvalue weighted by molar-refractivity contribution is 9.10. The molecule has 3 rings (SSSR count). The molecule has 3 nitrogen and oxygen atoms in total. The molecule has 0 amide bonds. The maximum Gasteiger partial charge on any atom is 0.0397 e. The lowest BCUT2D eigenvalue weighted by atomic mass is 10.0. The van der Waals surface area contributed by atoms with Crippen molar-refractivity contribution in [1.82, 2.24) is 10.3 Å². The van der Waals surface area contributed by atoms with Gasteiger partial charge in [-0.1, -0.05) is 0 Å². The van der Waals surface area contributed by atoms with Crippen LogP contribution in [0.3, 0.4) is 0 Å². The minimum Gasteiger partial charge on any atom is -0.371 e. The highest BCUT2D eigenvalue weighted by Crippen LogP contribution is 2.21. The third kappa shape index (κ3) is 3.59. The molecule has 106 valence electrons. The Hall–Kier alpha value is -0.910. The number of halogens is 1. The lowest BCUT2D eigenvalue weighted by molar-refractivity contribution is 0.415. The van der Waals surface area contributed by atoms with Gasteiger partial charge in [0.05, 0.1) is 0 Å². The molecule has 0 radical (unpaired) electrons. The summed E-state index contributed by atoms with van der Waals surface area (Å²) in [6, 6.07) is 7.02. The monoisotopic (exact) mass is 351 g/mol. The Balaban J connectivity index is 1.47. The third-order valence-corrected chi connectivity index (χ3v) is 5.41. The van der Waals surface area contributed by atoms with Gasteiger partial charge >= 0.3 is 0 Å². The first kappa shape index (κ1) is 14.0. The van der Waals surface area contributed by atoms with E-state index in [1.807, 2.05) is 23.7 Å². The van der Waals surface area contributed by atoms with Crippen LogP contribution in [0.5, 0.6) is 0 Å². The summed E-state index contributed by atoms with van der Waals surface area (Å²) in [5, 5.41) is 5.82. The van der Waals surface area contributed by atoms with Crippen molar-refractivity contribution in [3.05, 3.63) is 45.3 Å². The van der Waals surface area contributed by atoms with E-state index < -0.39 is 0 Å². The molecule has 0 saturated carbocycles. The van der Waals surface area contributed by atoms with Crippen LogP contribution in [0.25, 0.3) is 0 Å². The molecular weight excluding hydrogens is 334 g/mol. The van der Waals surface area contributed by atoms with E-state index in [0.29, 0.717) is 6.04 Å². The van der Waals surface area contributed by atoms with Gasteiger partial charge in [-0.25, -0.2) is 0 Å². The molecule has 2 aromatic heterocycles. The molecule has 0 unspecified atom stereocenters. The number of piperidine rings is 1. The smallest absolute Gasteiger partial charge is 0.0397 e. The summed E-state index contributed by atoms with van der Waals surface area (Å²) >= 11 is 5.31. The van der Waals surface area contributed by atoms with Crippen molar-refractivity contribution in [2.24, 2.45) is 0 Å². The fraction of sp³-hybridized carbons (Fsp3) is 0.400. The molecule has 1 fully saturated rings. The van der Waals surface area contributed by atoms with Gasteiger partial charge in [-0.05, 0) is 47.0 Å². The van der Waals surface area contributed by atoms with Gasteiger partial charge in [0.25, 0.3) is 0 Å². The van der Waals surface area contributed by atoms with Crippen LogP contribution in [0.2, 0.25) is 0 Å². The lowest BCUT2D eigenvalue weighted by Gasteiger charge is -2.34. The van der Waals surface area contributed by atoms with E-state index in [0.717, 1.165) is 19.6 Å². The summed E-state index contributed by atoms with van der Waals surface area (Å²) in [6.45, 7) is 3.22. The number of pyridine rings is 1. The van der Waals surface area contributed by atoms with Crippen LogP contribution in [-0.4, -0.2) is 24.1 Å². The van der Waals surface area contributed by atoms with Crippen LogP contribution in [0, 0.1) is 0 Å². The Labute approximate surface area is 132 Å². The molecule has 5 heteroatoms. The summed E-state index contributed by atoms with van der Waals surface area (Å²) in [6.07, 6.45) is 6.15. The van der Waals surface area contributed by atoms with Gasteiger partial charge in [0.2, 0.25) is 0 Å². The zero-order valence-electron chi connectivity index (χ0n) is 11.3. The Morgan fingerprint density at radius 1 is 1.30 bits per heavy atom. The highest BCUT2D eigenvalue weighted by Gasteiger charge is 2.18. The molecule has 0 bridgehead atoms. The van der Waals surface area contributed by atoms with Crippen LogP contribution in [0.15, 0.2) is 40.4 Å². The van der Waals surface area contributed by atoms with E-state index >= 15 is 0 Å². The van der Waals surface area contributed by atoms with E-state index in [-0.39, 0.29) is 0 Å². The number of rotatable bonds is 4. The van der Waals surface area contributed by atoms with E-state index in [1.54, 1.807) is 0 Å². The Morgan fingerprint density at radius 3 is 2.70 bits per heavy atom. The van der Waals surface area contributed by atoms with Gasteiger partial charge in [-0.15, -0.1) is 11.3 Å². The molecule has 20 heavy (non-hydrogen) atoms. The number of nitrogens with zero attached hydrogens (tertiary/aromatic N) is 2. The van der Waals surface area contributed by atoms with E-state index in [1.165, 1.54) is 27.9 Å². The average molecular weight is 352 g/mol. The molecule has 0 aromatic carbocycles. The van der Waals surface area contributed by atoms with Gasteiger partial charge in [-0.3, -0.25) is 4.98 Å². The normalized spacial score (nSPS) is 16.6. The average Bonchev–Trinajstić information content (AvgIpc) is 2.92. The molecule has 2 aromatic rings. The molecule has 0 aliphatic carbocycles. The molecule has 1 aliphatic heterocycles. The molecule has 0 atom stereocenters. The molecule has 1 N–H and O–H groups in total. The quantitative estimate of drug-likeness (QED) is 0.910. The molecular formula is C15H18BrN3S. The number of nitrogens with one attached hydrogen (secondary N) is 1. The van der Waals surface area contributed by atoms with Crippen molar-refractivity contribution in [2.45, 2.75) is 25.4 Å². The Morgan fingerprint density at radius 2 is 2.05 bits per heavy atom. The molecule has 1 aliphatic rings. The van der Waals surface area contributed by atoms with Crippen LogP contribution >= 0.6 is 27.3 Å². The van der Waals surface area contributed by atoms with Gasteiger partial charge in [0, 0.05) is 58.5 Å². The first-order chi connectivity index (χ1) is 9.81. The predicted octanol–water partition coefficient (Wildman–Crippen LogP) is 3.66. The van der Waals surface area contributed by atoms with Gasteiger partial charge in [0.15, 0.2) is 0 Å². The fourth-order valence-electron chi connectivity index (χ4n) is 2.59. The second kappa shape index (κ2) is 6.70. The van der Waals surface area contributed by atoms with Crippen LogP contribution in [-0.2, 0) is 6.54 Å². The summed E-state index contributed by atoms with van der Waals surface area (Å²) in [4.78, 5) is 7.92. The van der Waals surface area contributed by atoms with Crippen molar-refractivity contribution in [3.63, 3.8) is 0 Å². The topological polar surface area (TPSA) is 28.2 Å². The minimum absolute atomic E-state index is 0.633. The Bertz CT molecular complexity index is 535. The SMILES string of the molecule is Brc1csc(CNC2CCN(c3ccncc3)CC2)c1. The highest BCUT2D eigenvalue weighted by atomic mass is 79.9. The third-order valence-electron chi connectivity index (χ3n) is 3.71. The van der Waals surface area contributed by atoms with E-state index in [9.17, 15) is 0 Å². The summed E-state index contributed by atoms with van der Waals surface area (Å²) in [5.41, 5.74) is 1.29. The zero-order valence-corrected chi connectivity index (χ0v) is 13.7. The standard InChI is InChI=1S/C15H18BrN3S/c16-12-9-15(20-11-12)10-18-13-3-7-19(8-4-13)14-1-5-17-6-2-14/h1-2,5-6,9,11,13,18H,3-4,7-8,10H2. The van der Waals surface area contributed by atoms with Crippen molar-refractivity contribution < 1.29 is 0 Å². The molecule has 0 spiro atoms. The molecule has 3 heterocycles. The van der Waals surface area contributed by atoms with E-state index in [4.69, 9.17) is 0 Å². The fourth-order valence-corrected chi connectivity index (χ4v) is 3.99. The second-order valence-electron chi connectivity index (χ2n) is 5.08. The van der Waals surface area contributed by atoms with Crippen molar-refractivity contribution in [3.8, 4) is 0 Å². The van der Waals surface area contributed by atoms with E-state index in [2.05, 4.69) is 54.7 Å². The summed E-state index contributed by atoms with van der Waals surface area (Å²) < 4.78 is 1.19. The summed E-state index contributed by atoms with van der Waals surface area (Å²) in [7, 11) is 0. The van der Waals surface area contributed by atoms with Crippen LogP contribution in [0.4, 0.5) is 5.69 Å². The van der Waals surface area contributed by atoms with Crippen LogP contribution < -0.4 is 10.2 Å². The van der Waals surface area contributed by atoms with Crippen molar-refractivity contribution in [2.75, 3.05) is 18.0 Å².